The van der Waals surface area contributed by atoms with Gasteiger partial charge in [0.15, 0.2) is 6.29 Å². The summed E-state index contributed by atoms with van der Waals surface area (Å²) in [5.74, 6) is -0.177. The zero-order chi connectivity index (χ0) is 48.7. The van der Waals surface area contributed by atoms with E-state index in [0.717, 1.165) is 116 Å². The molecule has 1 saturated heterocycles. The molecule has 0 aromatic heterocycles. The second-order valence-electron chi connectivity index (χ2n) is 17.6. The molecule has 1 amide bonds. The first kappa shape index (κ1) is 61.6. The molecule has 0 aromatic carbocycles. The zero-order valence-electron chi connectivity index (χ0n) is 41.8. The maximum Gasteiger partial charge on any atom is 0.220 e. The van der Waals surface area contributed by atoms with E-state index in [1.807, 2.05) is 0 Å². The van der Waals surface area contributed by atoms with Crippen molar-refractivity contribution in [1.82, 2.24) is 5.32 Å². The van der Waals surface area contributed by atoms with Crippen molar-refractivity contribution in [2.45, 2.75) is 224 Å². The number of hydrogen-bond donors (Lipinski definition) is 6. The number of ether oxygens (including phenoxy) is 2. The Labute approximate surface area is 408 Å². The average molecular weight is 934 g/mol. The van der Waals surface area contributed by atoms with Gasteiger partial charge < -0.3 is 40.3 Å². The molecule has 0 aromatic rings. The lowest BCUT2D eigenvalue weighted by Crippen LogP contribution is -2.60. The Morgan fingerprint density at radius 1 is 0.522 bits per heavy atom. The average Bonchev–Trinajstić information content (AvgIpc) is 3.33. The van der Waals surface area contributed by atoms with Crippen LogP contribution in [0.1, 0.15) is 181 Å². The first-order chi connectivity index (χ1) is 32.8. The molecule has 7 atom stereocenters. The van der Waals surface area contributed by atoms with Crippen molar-refractivity contribution in [3.8, 4) is 0 Å². The highest BCUT2D eigenvalue weighted by Crippen LogP contribution is 2.23. The molecule has 6 N–H and O–H groups in total. The van der Waals surface area contributed by atoms with Gasteiger partial charge in [-0.2, -0.15) is 0 Å². The van der Waals surface area contributed by atoms with Crippen LogP contribution in [-0.2, 0) is 14.3 Å². The summed E-state index contributed by atoms with van der Waals surface area (Å²) in [6.45, 7) is 3.65. The number of aliphatic hydroxyl groups is 5. The number of rotatable bonds is 42. The number of carbonyl (C=O) groups excluding carboxylic acids is 1. The Kier molecular flexibility index (Phi) is 42.6. The summed E-state index contributed by atoms with van der Waals surface area (Å²) in [5.41, 5.74) is 0. The van der Waals surface area contributed by atoms with Gasteiger partial charge in [0.05, 0.1) is 25.4 Å². The normalized spacial score (nSPS) is 20.7. The fourth-order valence-electron chi connectivity index (χ4n) is 7.42. The molecule has 67 heavy (non-hydrogen) atoms. The molecule has 1 aliphatic rings. The number of unbranched alkanes of at least 4 members (excludes halogenated alkanes) is 12. The van der Waals surface area contributed by atoms with Crippen LogP contribution in [0.2, 0.25) is 0 Å². The molecule has 7 unspecified atom stereocenters. The van der Waals surface area contributed by atoms with Crippen molar-refractivity contribution in [3.05, 3.63) is 122 Å². The molecule has 0 bridgehead atoms. The molecule has 9 nitrogen and oxygen atoms in total. The van der Waals surface area contributed by atoms with E-state index in [-0.39, 0.29) is 12.5 Å². The van der Waals surface area contributed by atoms with Crippen LogP contribution in [-0.4, -0.2) is 87.5 Å². The molecule has 380 valence electrons. The van der Waals surface area contributed by atoms with Gasteiger partial charge in [0, 0.05) is 6.42 Å². The van der Waals surface area contributed by atoms with Crippen LogP contribution in [0.5, 0.6) is 0 Å². The van der Waals surface area contributed by atoms with E-state index in [2.05, 4.69) is 141 Å². The highest BCUT2D eigenvalue weighted by molar-refractivity contribution is 5.76. The number of amides is 1. The molecule has 1 fully saturated rings. The van der Waals surface area contributed by atoms with E-state index in [4.69, 9.17) is 9.47 Å². The Bertz CT molecular complexity index is 1460. The highest BCUT2D eigenvalue weighted by Gasteiger charge is 2.44. The van der Waals surface area contributed by atoms with Crippen molar-refractivity contribution in [2.75, 3.05) is 13.2 Å². The molecule has 0 radical (unpaired) electrons. The van der Waals surface area contributed by atoms with E-state index in [0.29, 0.717) is 12.8 Å². The molecule has 0 aliphatic carbocycles. The van der Waals surface area contributed by atoms with Crippen LogP contribution in [0.25, 0.3) is 0 Å². The van der Waals surface area contributed by atoms with Crippen molar-refractivity contribution in [1.29, 1.82) is 0 Å². The number of hydrogen-bond acceptors (Lipinski definition) is 8. The van der Waals surface area contributed by atoms with E-state index in [1.54, 1.807) is 0 Å². The third-order valence-corrected chi connectivity index (χ3v) is 11.6. The second kappa shape index (κ2) is 46.3. The van der Waals surface area contributed by atoms with Gasteiger partial charge in [-0.15, -0.1) is 0 Å². The quantitative estimate of drug-likeness (QED) is 0.0262. The fraction of sp³-hybridized carbons (Fsp3) is 0.638. The minimum absolute atomic E-state index is 0.157. The van der Waals surface area contributed by atoms with Gasteiger partial charge in [-0.25, -0.2) is 0 Å². The fourth-order valence-corrected chi connectivity index (χ4v) is 7.42. The summed E-state index contributed by atoms with van der Waals surface area (Å²) in [6.07, 6.45) is 62.3. The number of allylic oxidation sites excluding steroid dienone is 20. The van der Waals surface area contributed by atoms with Gasteiger partial charge in [-0.3, -0.25) is 4.79 Å². The summed E-state index contributed by atoms with van der Waals surface area (Å²) in [4.78, 5) is 13.0. The Balaban J connectivity index is 2.20. The van der Waals surface area contributed by atoms with Gasteiger partial charge in [-0.05, 0) is 89.9 Å². The monoisotopic (exact) mass is 934 g/mol. The smallest absolute Gasteiger partial charge is 0.220 e. The van der Waals surface area contributed by atoms with Crippen molar-refractivity contribution in [3.63, 3.8) is 0 Å². The lowest BCUT2D eigenvalue weighted by molar-refractivity contribution is -0.302. The molecule has 9 heteroatoms. The number of aliphatic hydroxyl groups excluding tert-OH is 5. The lowest BCUT2D eigenvalue weighted by atomic mass is 9.99. The third-order valence-electron chi connectivity index (χ3n) is 11.6. The summed E-state index contributed by atoms with van der Waals surface area (Å²) >= 11 is 0. The van der Waals surface area contributed by atoms with Crippen LogP contribution >= 0.6 is 0 Å². The Hall–Kier alpha value is -3.41. The van der Waals surface area contributed by atoms with Gasteiger partial charge in [0.25, 0.3) is 0 Å². The van der Waals surface area contributed by atoms with Gasteiger partial charge in [0.2, 0.25) is 5.91 Å². The summed E-state index contributed by atoms with van der Waals surface area (Å²) < 4.78 is 11.2. The Morgan fingerprint density at radius 3 is 1.37 bits per heavy atom. The molecule has 0 spiro atoms. The Morgan fingerprint density at radius 2 is 0.925 bits per heavy atom. The van der Waals surface area contributed by atoms with Crippen molar-refractivity contribution in [2.24, 2.45) is 0 Å². The van der Waals surface area contributed by atoms with Crippen molar-refractivity contribution < 1.29 is 39.8 Å². The minimum atomic E-state index is -1.56. The first-order valence-corrected chi connectivity index (χ1v) is 26.2. The highest BCUT2D eigenvalue weighted by atomic mass is 16.7. The number of nitrogens with one attached hydrogen (secondary N) is 1. The summed E-state index contributed by atoms with van der Waals surface area (Å²) in [6, 6.07) is -0.739. The molecule has 1 rings (SSSR count). The molecular formula is C58H95NO8. The largest absolute Gasteiger partial charge is 0.394 e. The summed E-state index contributed by atoms with van der Waals surface area (Å²) in [5, 5.41) is 54.3. The topological polar surface area (TPSA) is 149 Å². The van der Waals surface area contributed by atoms with Crippen LogP contribution in [0.4, 0.5) is 0 Å². The molecule has 1 heterocycles. The maximum absolute atomic E-state index is 13.0. The van der Waals surface area contributed by atoms with Gasteiger partial charge >= 0.3 is 0 Å². The van der Waals surface area contributed by atoms with E-state index < -0.39 is 49.5 Å². The standard InChI is InChI=1S/C58H95NO8/c1-3-5-7-9-11-13-14-15-16-17-18-19-20-21-22-23-24-25-26-27-28-29-30-31-32-33-34-35-36-37-38-40-42-44-46-48-54(62)59-51(52(61)47-45-43-41-39-12-10-8-6-4-2)50-66-58-57(65)56(64)55(63)53(49-60)67-58/h5,7,11,13,15-16,18-19,21-22,24-25,27-28,30-31,33-34,36-37,51-53,55-58,60-61,63-65H,3-4,6,8-10,12,14,17,20,23,26,29,32,35,38-50H2,1-2H3,(H,59,62)/b7-5-,13-11-,16-15-,19-18-,22-21-,25-24-,28-27-,31-30-,34-33-,37-36-. The van der Waals surface area contributed by atoms with Gasteiger partial charge in [-0.1, -0.05) is 206 Å². The van der Waals surface area contributed by atoms with Crippen molar-refractivity contribution >= 4 is 5.91 Å². The van der Waals surface area contributed by atoms with Crippen LogP contribution in [0, 0.1) is 0 Å². The third kappa shape index (κ3) is 36.3. The number of carbonyl (C=O) groups is 1. The van der Waals surface area contributed by atoms with Crippen LogP contribution in [0.15, 0.2) is 122 Å². The summed E-state index contributed by atoms with van der Waals surface area (Å²) in [7, 11) is 0. The van der Waals surface area contributed by atoms with Crippen LogP contribution in [0.3, 0.4) is 0 Å². The minimum Gasteiger partial charge on any atom is -0.394 e. The zero-order valence-corrected chi connectivity index (χ0v) is 41.8. The van der Waals surface area contributed by atoms with E-state index in [1.165, 1.54) is 38.5 Å². The first-order valence-electron chi connectivity index (χ1n) is 26.2. The molecule has 1 aliphatic heterocycles. The SMILES string of the molecule is CC/C=C\C/C=C\C/C=C\C/C=C\C/C=C\C/C=C\C/C=C\C/C=C\C/C=C\C/C=C\CCCCCCC(=O)NC(COC1OC(CO)C(O)C(O)C1O)C(O)CCCCCCCCCCC. The van der Waals surface area contributed by atoms with E-state index in [9.17, 15) is 30.3 Å². The molecule has 0 saturated carbocycles. The predicted molar refractivity (Wildman–Crippen MR) is 280 cm³/mol. The predicted octanol–water partition coefficient (Wildman–Crippen LogP) is 12.4. The maximum atomic E-state index is 13.0. The molecular weight excluding hydrogens is 839 g/mol. The van der Waals surface area contributed by atoms with E-state index >= 15 is 0 Å². The van der Waals surface area contributed by atoms with Gasteiger partial charge in [0.1, 0.15) is 24.4 Å². The second-order valence-corrected chi connectivity index (χ2v) is 17.6. The van der Waals surface area contributed by atoms with Crippen LogP contribution < -0.4 is 5.32 Å². The lowest BCUT2D eigenvalue weighted by Gasteiger charge is -2.40.